The summed E-state index contributed by atoms with van der Waals surface area (Å²) in [6, 6.07) is 11.3. The third kappa shape index (κ3) is 6.90. The molecule has 10 heteroatoms. The fourth-order valence-corrected chi connectivity index (χ4v) is 3.70. The second-order valence-electron chi connectivity index (χ2n) is 7.84. The lowest BCUT2D eigenvalue weighted by Gasteiger charge is -2.20. The Labute approximate surface area is 208 Å². The molecule has 0 spiro atoms. The van der Waals surface area contributed by atoms with Crippen LogP contribution in [0, 0.1) is 6.92 Å². The van der Waals surface area contributed by atoms with E-state index < -0.39 is 12.0 Å². The molecule has 1 aromatic carbocycles. The maximum atomic E-state index is 13.1. The number of nitrogens with zero attached hydrogens (tertiary/aromatic N) is 2. The van der Waals surface area contributed by atoms with Crippen LogP contribution in [0.25, 0.3) is 0 Å². The van der Waals surface area contributed by atoms with Gasteiger partial charge in [-0.2, -0.15) is 0 Å². The smallest absolute Gasteiger partial charge is 0.237 e. The number of aryl methyl sites for hydroxylation is 1. The van der Waals surface area contributed by atoms with Crippen molar-refractivity contribution < 1.29 is 9.59 Å². The molecule has 3 aromatic rings. The lowest BCUT2D eigenvalue weighted by molar-refractivity contribution is -0.124. The summed E-state index contributed by atoms with van der Waals surface area (Å²) < 4.78 is 0. The van der Waals surface area contributed by atoms with E-state index in [0.717, 1.165) is 16.8 Å². The van der Waals surface area contributed by atoms with Crippen molar-refractivity contribution in [1.29, 1.82) is 0 Å². The van der Waals surface area contributed by atoms with Crippen molar-refractivity contribution in [2.45, 2.75) is 31.8 Å². The summed E-state index contributed by atoms with van der Waals surface area (Å²) in [6.45, 7) is 2.10. The van der Waals surface area contributed by atoms with Gasteiger partial charge in [0.25, 0.3) is 0 Å². The SMILES string of the molecule is Cc1nc(N)ccc1CNC(=O)[C@@H](CNC(=O)[C@H](N)Cc1cccnc1)c1ccc(Cl)c(Cl)c1. The number of nitrogen functional groups attached to an aromatic ring is 1. The molecule has 2 atom stereocenters. The summed E-state index contributed by atoms with van der Waals surface area (Å²) in [5.41, 5.74) is 14.8. The Morgan fingerprint density at radius 3 is 2.53 bits per heavy atom. The van der Waals surface area contributed by atoms with E-state index >= 15 is 0 Å². The predicted molar refractivity (Wildman–Crippen MR) is 133 cm³/mol. The molecule has 0 aliphatic carbocycles. The Morgan fingerprint density at radius 1 is 1.06 bits per heavy atom. The fraction of sp³-hybridized carbons (Fsp3) is 0.250. The number of pyridine rings is 2. The number of anilines is 1. The van der Waals surface area contributed by atoms with Crippen molar-refractivity contribution in [3.63, 3.8) is 0 Å². The van der Waals surface area contributed by atoms with Gasteiger partial charge in [0.15, 0.2) is 0 Å². The highest BCUT2D eigenvalue weighted by Gasteiger charge is 2.24. The molecule has 0 saturated heterocycles. The molecule has 0 bridgehead atoms. The van der Waals surface area contributed by atoms with Crippen molar-refractivity contribution in [3.05, 3.63) is 87.3 Å². The molecule has 0 radical (unpaired) electrons. The first-order valence-electron chi connectivity index (χ1n) is 10.6. The zero-order valence-electron chi connectivity index (χ0n) is 18.6. The summed E-state index contributed by atoms with van der Waals surface area (Å²) in [6.07, 6.45) is 3.64. The van der Waals surface area contributed by atoms with Gasteiger partial charge >= 0.3 is 0 Å². The normalized spacial score (nSPS) is 12.6. The summed E-state index contributed by atoms with van der Waals surface area (Å²) in [5.74, 6) is -0.978. The van der Waals surface area contributed by atoms with Gasteiger partial charge in [-0.1, -0.05) is 41.4 Å². The van der Waals surface area contributed by atoms with E-state index in [2.05, 4.69) is 20.6 Å². The molecule has 3 rings (SSSR count). The molecule has 0 aliphatic rings. The Kier molecular flexibility index (Phi) is 8.81. The van der Waals surface area contributed by atoms with Crippen LogP contribution < -0.4 is 22.1 Å². The van der Waals surface area contributed by atoms with Gasteiger partial charge in [-0.05, 0) is 54.3 Å². The average Bonchev–Trinajstić information content (AvgIpc) is 2.81. The first-order chi connectivity index (χ1) is 16.2. The van der Waals surface area contributed by atoms with E-state index in [-0.39, 0.29) is 24.9 Å². The van der Waals surface area contributed by atoms with Gasteiger partial charge in [-0.3, -0.25) is 14.6 Å². The van der Waals surface area contributed by atoms with Gasteiger partial charge in [0.1, 0.15) is 5.82 Å². The summed E-state index contributed by atoms with van der Waals surface area (Å²) in [5, 5.41) is 6.37. The van der Waals surface area contributed by atoms with Crippen LogP contribution in [0.1, 0.15) is 28.3 Å². The van der Waals surface area contributed by atoms with Crippen LogP contribution in [0.2, 0.25) is 10.0 Å². The number of carbonyl (C=O) groups is 2. The topological polar surface area (TPSA) is 136 Å². The minimum absolute atomic E-state index is 0.0301. The molecule has 2 aromatic heterocycles. The molecule has 178 valence electrons. The third-order valence-corrected chi connectivity index (χ3v) is 6.07. The maximum absolute atomic E-state index is 13.1. The van der Waals surface area contributed by atoms with Crippen LogP contribution in [-0.4, -0.2) is 34.4 Å². The second kappa shape index (κ2) is 11.8. The monoisotopic (exact) mass is 500 g/mol. The zero-order chi connectivity index (χ0) is 24.7. The zero-order valence-corrected chi connectivity index (χ0v) is 20.1. The molecule has 2 amide bonds. The van der Waals surface area contributed by atoms with E-state index in [1.165, 1.54) is 0 Å². The summed E-state index contributed by atoms with van der Waals surface area (Å²) in [7, 11) is 0. The van der Waals surface area contributed by atoms with Crippen LogP contribution in [0.5, 0.6) is 0 Å². The Bertz CT molecular complexity index is 1160. The minimum atomic E-state index is -0.787. The number of aromatic nitrogens is 2. The number of rotatable bonds is 9. The van der Waals surface area contributed by atoms with Gasteiger partial charge in [0.2, 0.25) is 11.8 Å². The second-order valence-corrected chi connectivity index (χ2v) is 8.66. The highest BCUT2D eigenvalue weighted by molar-refractivity contribution is 6.42. The van der Waals surface area contributed by atoms with E-state index in [0.29, 0.717) is 27.8 Å². The number of hydrogen-bond donors (Lipinski definition) is 4. The van der Waals surface area contributed by atoms with Crippen LogP contribution in [-0.2, 0) is 22.6 Å². The number of benzene rings is 1. The number of hydrogen-bond acceptors (Lipinski definition) is 6. The van der Waals surface area contributed by atoms with Crippen LogP contribution in [0.15, 0.2) is 54.9 Å². The van der Waals surface area contributed by atoms with Crippen molar-refractivity contribution in [1.82, 2.24) is 20.6 Å². The van der Waals surface area contributed by atoms with Crippen LogP contribution >= 0.6 is 23.2 Å². The summed E-state index contributed by atoms with van der Waals surface area (Å²) in [4.78, 5) is 34.0. The van der Waals surface area contributed by atoms with Gasteiger partial charge in [0.05, 0.1) is 22.0 Å². The highest BCUT2D eigenvalue weighted by Crippen LogP contribution is 2.27. The fourth-order valence-electron chi connectivity index (χ4n) is 3.39. The maximum Gasteiger partial charge on any atom is 0.237 e. The average molecular weight is 501 g/mol. The largest absolute Gasteiger partial charge is 0.384 e. The van der Waals surface area contributed by atoms with Crippen molar-refractivity contribution in [3.8, 4) is 0 Å². The summed E-state index contributed by atoms with van der Waals surface area (Å²) >= 11 is 12.2. The molecule has 6 N–H and O–H groups in total. The molecular formula is C24H26Cl2N6O2. The van der Waals surface area contributed by atoms with Crippen molar-refractivity contribution in [2.24, 2.45) is 5.73 Å². The molecule has 0 fully saturated rings. The van der Waals surface area contributed by atoms with Crippen LogP contribution in [0.3, 0.4) is 0 Å². The quantitative estimate of drug-likeness (QED) is 0.356. The van der Waals surface area contributed by atoms with E-state index in [4.69, 9.17) is 34.7 Å². The number of carbonyl (C=O) groups excluding carboxylic acids is 2. The van der Waals surface area contributed by atoms with E-state index in [9.17, 15) is 9.59 Å². The Morgan fingerprint density at radius 2 is 1.85 bits per heavy atom. The van der Waals surface area contributed by atoms with E-state index in [1.807, 2.05) is 19.1 Å². The third-order valence-electron chi connectivity index (χ3n) is 5.33. The number of nitrogens with two attached hydrogens (primary N) is 2. The first-order valence-corrected chi connectivity index (χ1v) is 11.4. The molecule has 0 unspecified atom stereocenters. The Balaban J connectivity index is 1.70. The van der Waals surface area contributed by atoms with E-state index in [1.54, 1.807) is 42.7 Å². The number of amides is 2. The lowest BCUT2D eigenvalue weighted by atomic mass is 9.97. The molecule has 2 heterocycles. The lowest BCUT2D eigenvalue weighted by Crippen LogP contribution is -2.45. The molecule has 0 aliphatic heterocycles. The van der Waals surface area contributed by atoms with Gasteiger partial charge < -0.3 is 22.1 Å². The minimum Gasteiger partial charge on any atom is -0.384 e. The molecular weight excluding hydrogens is 475 g/mol. The molecule has 34 heavy (non-hydrogen) atoms. The van der Waals surface area contributed by atoms with Crippen molar-refractivity contribution >= 4 is 40.8 Å². The van der Waals surface area contributed by atoms with Gasteiger partial charge in [-0.15, -0.1) is 0 Å². The molecule has 8 nitrogen and oxygen atoms in total. The van der Waals surface area contributed by atoms with Gasteiger partial charge in [-0.25, -0.2) is 4.98 Å². The highest BCUT2D eigenvalue weighted by atomic mass is 35.5. The standard InChI is InChI=1S/C24H26Cl2N6O2/c1-14-17(5-7-22(28)32-14)12-30-23(33)18(16-4-6-19(25)20(26)10-16)13-31-24(34)21(27)9-15-3-2-8-29-11-15/h2-8,10-11,18,21H,9,12-13,27H2,1H3,(H2,28,32)(H,30,33)(H,31,34)/t18-,21+/m0/s1. The first kappa shape index (κ1) is 25.4. The van der Waals surface area contributed by atoms with Crippen molar-refractivity contribution in [2.75, 3.05) is 12.3 Å². The number of halogens is 2. The van der Waals surface area contributed by atoms with Crippen LogP contribution in [0.4, 0.5) is 5.82 Å². The van der Waals surface area contributed by atoms with Gasteiger partial charge in [0, 0.05) is 31.2 Å². The predicted octanol–water partition coefficient (Wildman–Crippen LogP) is 2.76. The number of nitrogens with one attached hydrogen (secondary N) is 2. The Hall–Kier alpha value is -3.20. The molecule has 0 saturated carbocycles.